The molecular formula is C13H13O3P. The van der Waals surface area contributed by atoms with Crippen LogP contribution in [0, 0.1) is 6.92 Å². The quantitative estimate of drug-likeness (QED) is 0.839. The number of para-hydroxylation sites is 1. The summed E-state index contributed by atoms with van der Waals surface area (Å²) in [4.78, 5) is 9.67. The summed E-state index contributed by atoms with van der Waals surface area (Å²) in [7, 11) is -1.95. The summed E-state index contributed by atoms with van der Waals surface area (Å²) in [5, 5.41) is 0. The molecule has 0 aromatic heterocycles. The Balaban J connectivity index is 1.96. The molecule has 0 aliphatic heterocycles. The van der Waals surface area contributed by atoms with E-state index in [1.54, 1.807) is 18.2 Å². The summed E-state index contributed by atoms with van der Waals surface area (Å²) in [6.45, 7) is 1.96. The first-order chi connectivity index (χ1) is 8.24. The van der Waals surface area contributed by atoms with Crippen molar-refractivity contribution in [3.05, 3.63) is 60.2 Å². The van der Waals surface area contributed by atoms with Crippen molar-refractivity contribution >= 4 is 8.60 Å². The molecule has 0 saturated heterocycles. The van der Waals surface area contributed by atoms with Crippen molar-refractivity contribution in [3.63, 3.8) is 0 Å². The van der Waals surface area contributed by atoms with E-state index in [9.17, 15) is 4.89 Å². The maximum atomic E-state index is 9.67. The third kappa shape index (κ3) is 3.74. The van der Waals surface area contributed by atoms with Gasteiger partial charge in [-0.15, -0.1) is 0 Å². The second-order valence-electron chi connectivity index (χ2n) is 3.55. The van der Waals surface area contributed by atoms with Crippen LogP contribution in [-0.2, 0) is 0 Å². The molecule has 0 aliphatic carbocycles. The van der Waals surface area contributed by atoms with E-state index in [1.807, 2.05) is 43.3 Å². The molecule has 0 aliphatic rings. The highest BCUT2D eigenvalue weighted by Gasteiger charge is 2.10. The first-order valence-electron chi connectivity index (χ1n) is 5.21. The van der Waals surface area contributed by atoms with Gasteiger partial charge in [-0.2, -0.15) is 0 Å². The third-order valence-corrected chi connectivity index (χ3v) is 2.83. The lowest BCUT2D eigenvalue weighted by molar-refractivity contribution is 0.381. The molecule has 17 heavy (non-hydrogen) atoms. The van der Waals surface area contributed by atoms with Gasteiger partial charge >= 0.3 is 8.60 Å². The Kier molecular flexibility index (Phi) is 3.97. The molecule has 0 heterocycles. The summed E-state index contributed by atoms with van der Waals surface area (Å²) >= 11 is 0. The smallest absolute Gasteiger partial charge is 0.418 e. The molecule has 1 unspecified atom stereocenters. The van der Waals surface area contributed by atoms with Crippen molar-refractivity contribution in [3.8, 4) is 11.5 Å². The molecule has 0 amide bonds. The second-order valence-corrected chi connectivity index (χ2v) is 4.39. The zero-order valence-corrected chi connectivity index (χ0v) is 10.3. The van der Waals surface area contributed by atoms with Gasteiger partial charge in [0.1, 0.15) is 11.5 Å². The summed E-state index contributed by atoms with van der Waals surface area (Å²) < 4.78 is 10.6. The van der Waals surface area contributed by atoms with Gasteiger partial charge < -0.3 is 13.9 Å². The molecule has 0 fully saturated rings. The van der Waals surface area contributed by atoms with E-state index >= 15 is 0 Å². The van der Waals surface area contributed by atoms with Gasteiger partial charge in [0.05, 0.1) is 0 Å². The van der Waals surface area contributed by atoms with Crippen molar-refractivity contribution in [1.29, 1.82) is 0 Å². The average Bonchev–Trinajstić information content (AvgIpc) is 2.30. The highest BCUT2D eigenvalue weighted by molar-refractivity contribution is 7.41. The van der Waals surface area contributed by atoms with Gasteiger partial charge in [0.2, 0.25) is 0 Å². The largest absolute Gasteiger partial charge is 0.460 e. The molecule has 1 atom stereocenters. The summed E-state index contributed by atoms with van der Waals surface area (Å²) in [6, 6.07) is 16.6. The van der Waals surface area contributed by atoms with Crippen LogP contribution >= 0.6 is 8.60 Å². The first kappa shape index (κ1) is 11.9. The zero-order valence-electron chi connectivity index (χ0n) is 9.41. The van der Waals surface area contributed by atoms with Gasteiger partial charge in [0.25, 0.3) is 0 Å². The maximum absolute atomic E-state index is 9.67. The monoisotopic (exact) mass is 248 g/mol. The normalized spacial score (nSPS) is 11.9. The summed E-state index contributed by atoms with van der Waals surface area (Å²) in [5.74, 6) is 1.20. The fraction of sp³-hybridized carbons (Fsp3) is 0.0769. The fourth-order valence-electron chi connectivity index (χ4n) is 1.35. The van der Waals surface area contributed by atoms with Gasteiger partial charge in [-0.1, -0.05) is 30.3 Å². The molecular weight excluding hydrogens is 235 g/mol. The molecule has 0 radical (unpaired) electrons. The number of rotatable bonds is 4. The van der Waals surface area contributed by atoms with Crippen LogP contribution in [0.4, 0.5) is 0 Å². The molecule has 88 valence electrons. The fourth-order valence-corrected chi connectivity index (χ4v) is 1.99. The van der Waals surface area contributed by atoms with Gasteiger partial charge in [-0.25, -0.2) is 0 Å². The van der Waals surface area contributed by atoms with E-state index in [0.29, 0.717) is 11.5 Å². The van der Waals surface area contributed by atoms with Crippen LogP contribution < -0.4 is 9.05 Å². The van der Waals surface area contributed by atoms with Crippen LogP contribution in [0.5, 0.6) is 11.5 Å². The highest BCUT2D eigenvalue weighted by atomic mass is 31.2. The van der Waals surface area contributed by atoms with E-state index in [4.69, 9.17) is 9.05 Å². The van der Waals surface area contributed by atoms with Crippen molar-refractivity contribution in [2.45, 2.75) is 6.92 Å². The van der Waals surface area contributed by atoms with Crippen LogP contribution in [0.15, 0.2) is 54.6 Å². The molecule has 4 heteroatoms. The summed E-state index contributed by atoms with van der Waals surface area (Å²) in [5.41, 5.74) is 1.07. The van der Waals surface area contributed by atoms with Gasteiger partial charge in [0.15, 0.2) is 0 Å². The molecule has 2 aromatic carbocycles. The zero-order chi connectivity index (χ0) is 12.1. The predicted molar refractivity (Wildman–Crippen MR) is 68.0 cm³/mol. The van der Waals surface area contributed by atoms with Crippen LogP contribution in [0.2, 0.25) is 0 Å². The average molecular weight is 248 g/mol. The lowest BCUT2D eigenvalue weighted by Crippen LogP contribution is -1.94. The van der Waals surface area contributed by atoms with Gasteiger partial charge in [-0.05, 0) is 36.8 Å². The Bertz CT molecular complexity index is 473. The minimum absolute atomic E-state index is 0.591. The number of hydrogen-bond donors (Lipinski definition) is 1. The summed E-state index contributed by atoms with van der Waals surface area (Å²) in [6.07, 6.45) is 0. The number of benzene rings is 2. The minimum Gasteiger partial charge on any atom is -0.418 e. The van der Waals surface area contributed by atoms with Gasteiger partial charge in [0, 0.05) is 0 Å². The van der Waals surface area contributed by atoms with E-state index in [-0.39, 0.29) is 0 Å². The van der Waals surface area contributed by atoms with Crippen molar-refractivity contribution in [1.82, 2.24) is 0 Å². The van der Waals surface area contributed by atoms with Crippen molar-refractivity contribution in [2.24, 2.45) is 0 Å². The molecule has 1 N–H and O–H groups in total. The second kappa shape index (κ2) is 5.67. The predicted octanol–water partition coefficient (Wildman–Crippen LogP) is 3.67. The Morgan fingerprint density at radius 3 is 2.24 bits per heavy atom. The van der Waals surface area contributed by atoms with Crippen LogP contribution in [-0.4, -0.2) is 4.89 Å². The third-order valence-electron chi connectivity index (χ3n) is 2.10. The van der Waals surface area contributed by atoms with Crippen molar-refractivity contribution in [2.75, 3.05) is 0 Å². The van der Waals surface area contributed by atoms with E-state index < -0.39 is 8.60 Å². The van der Waals surface area contributed by atoms with E-state index in [0.717, 1.165) is 5.56 Å². The highest BCUT2D eigenvalue weighted by Crippen LogP contribution is 2.36. The van der Waals surface area contributed by atoms with Crippen LogP contribution in [0.25, 0.3) is 0 Å². The van der Waals surface area contributed by atoms with Crippen LogP contribution in [0.1, 0.15) is 5.56 Å². The topological polar surface area (TPSA) is 38.7 Å². The standard InChI is InChI=1S/C13H13O3P/c1-11-6-5-9-13(10-11)16-17(14)15-12-7-3-2-4-8-12/h2-10,14H,1H3. The molecule has 0 spiro atoms. The molecule has 0 saturated carbocycles. The van der Waals surface area contributed by atoms with Crippen LogP contribution in [0.3, 0.4) is 0 Å². The Morgan fingerprint density at radius 2 is 1.53 bits per heavy atom. The lowest BCUT2D eigenvalue weighted by Gasteiger charge is -2.12. The Morgan fingerprint density at radius 1 is 0.882 bits per heavy atom. The molecule has 2 aromatic rings. The van der Waals surface area contributed by atoms with Gasteiger partial charge in [-0.3, -0.25) is 0 Å². The number of hydrogen-bond acceptors (Lipinski definition) is 3. The SMILES string of the molecule is Cc1cccc(OP(O)Oc2ccccc2)c1. The lowest BCUT2D eigenvalue weighted by atomic mass is 10.2. The molecule has 3 nitrogen and oxygen atoms in total. The van der Waals surface area contributed by atoms with E-state index in [2.05, 4.69) is 0 Å². The maximum Gasteiger partial charge on any atom is 0.460 e. The molecule has 2 rings (SSSR count). The van der Waals surface area contributed by atoms with Crippen molar-refractivity contribution < 1.29 is 13.9 Å². The Labute approximate surface area is 102 Å². The van der Waals surface area contributed by atoms with E-state index in [1.165, 1.54) is 0 Å². The Hall–Kier alpha value is -1.57. The minimum atomic E-state index is -1.95. The number of aryl methyl sites for hydroxylation is 1. The first-order valence-corrected chi connectivity index (χ1v) is 6.34. The molecule has 0 bridgehead atoms.